The molecule has 2 nitrogen and oxygen atoms in total. The van der Waals surface area contributed by atoms with Gasteiger partial charge in [0.25, 0.3) is 6.43 Å². The highest BCUT2D eigenvalue weighted by Gasteiger charge is 2.04. The normalized spacial score (nSPS) is 10.5. The number of benzene rings is 1. The minimum atomic E-state index is -2.36. The van der Waals surface area contributed by atoms with Gasteiger partial charge in [-0.25, -0.2) is 8.78 Å². The summed E-state index contributed by atoms with van der Waals surface area (Å²) in [5, 5.41) is 2.58. The van der Waals surface area contributed by atoms with Crippen molar-refractivity contribution < 1.29 is 8.78 Å². The second kappa shape index (κ2) is 4.07. The maximum absolute atomic E-state index is 11.8. The number of halogens is 2. The summed E-state index contributed by atoms with van der Waals surface area (Å²) in [6.07, 6.45) is -2.36. The first-order valence-electron chi connectivity index (χ1n) is 3.98. The zero-order valence-corrected chi connectivity index (χ0v) is 7.35. The number of rotatable bonds is 3. The molecular formula is C9H12F2N2. The predicted molar refractivity (Wildman–Crippen MR) is 50.1 cm³/mol. The van der Waals surface area contributed by atoms with Crippen molar-refractivity contribution >= 4 is 11.4 Å². The van der Waals surface area contributed by atoms with Gasteiger partial charge in [-0.3, -0.25) is 0 Å². The van der Waals surface area contributed by atoms with Gasteiger partial charge >= 0.3 is 0 Å². The molecule has 0 saturated carbocycles. The third-order valence-electron chi connectivity index (χ3n) is 1.77. The standard InChI is InChI=1S/C9H12F2N2/c1-6-3-2-4-7(9(6)12)13-5-8(10)11/h2-4,8,13H,5,12H2,1H3. The minimum Gasteiger partial charge on any atom is -0.397 e. The largest absolute Gasteiger partial charge is 0.397 e. The first-order valence-corrected chi connectivity index (χ1v) is 3.98. The second-order valence-corrected chi connectivity index (χ2v) is 2.81. The van der Waals surface area contributed by atoms with Gasteiger partial charge in [-0.15, -0.1) is 0 Å². The van der Waals surface area contributed by atoms with Crippen LogP contribution in [0.3, 0.4) is 0 Å². The van der Waals surface area contributed by atoms with E-state index in [1.807, 2.05) is 13.0 Å². The summed E-state index contributed by atoms with van der Waals surface area (Å²) in [5.41, 5.74) is 7.65. The van der Waals surface area contributed by atoms with Gasteiger partial charge in [0, 0.05) is 0 Å². The van der Waals surface area contributed by atoms with Crippen molar-refractivity contribution in [3.8, 4) is 0 Å². The SMILES string of the molecule is Cc1cccc(NCC(F)F)c1N. The van der Waals surface area contributed by atoms with Gasteiger partial charge in [0.15, 0.2) is 0 Å². The lowest BCUT2D eigenvalue weighted by molar-refractivity contribution is 0.163. The summed E-state index contributed by atoms with van der Waals surface area (Å²) < 4.78 is 23.7. The molecule has 3 N–H and O–H groups in total. The first-order chi connectivity index (χ1) is 6.11. The molecule has 0 aliphatic heterocycles. The molecule has 13 heavy (non-hydrogen) atoms. The van der Waals surface area contributed by atoms with Gasteiger partial charge < -0.3 is 11.1 Å². The van der Waals surface area contributed by atoms with Crippen LogP contribution in [0.1, 0.15) is 5.56 Å². The number of para-hydroxylation sites is 1. The lowest BCUT2D eigenvalue weighted by Crippen LogP contribution is -2.11. The molecule has 0 aromatic heterocycles. The van der Waals surface area contributed by atoms with Crippen molar-refractivity contribution in [3.05, 3.63) is 23.8 Å². The monoisotopic (exact) mass is 186 g/mol. The Morgan fingerprint density at radius 2 is 2.15 bits per heavy atom. The van der Waals surface area contributed by atoms with E-state index in [9.17, 15) is 8.78 Å². The summed E-state index contributed by atoms with van der Waals surface area (Å²) in [6.45, 7) is 1.47. The molecule has 0 fully saturated rings. The van der Waals surface area contributed by atoms with E-state index >= 15 is 0 Å². The zero-order chi connectivity index (χ0) is 9.84. The Labute approximate surface area is 75.7 Å². The van der Waals surface area contributed by atoms with Crippen molar-refractivity contribution in [1.82, 2.24) is 0 Å². The fraction of sp³-hybridized carbons (Fsp3) is 0.333. The number of nitrogen functional groups attached to an aromatic ring is 1. The van der Waals surface area contributed by atoms with Gasteiger partial charge in [-0.2, -0.15) is 0 Å². The number of hydrogen-bond donors (Lipinski definition) is 2. The van der Waals surface area contributed by atoms with Gasteiger partial charge in [0.2, 0.25) is 0 Å². The van der Waals surface area contributed by atoms with Crippen molar-refractivity contribution in [2.45, 2.75) is 13.3 Å². The third-order valence-corrected chi connectivity index (χ3v) is 1.77. The maximum atomic E-state index is 11.8. The fourth-order valence-corrected chi connectivity index (χ4v) is 1.02. The fourth-order valence-electron chi connectivity index (χ4n) is 1.02. The molecule has 0 atom stereocenters. The lowest BCUT2D eigenvalue weighted by Gasteiger charge is -2.10. The molecule has 1 aromatic carbocycles. The molecule has 0 radical (unpaired) electrons. The third kappa shape index (κ3) is 2.57. The first kappa shape index (κ1) is 9.77. The minimum absolute atomic E-state index is 0.367. The summed E-state index contributed by atoms with van der Waals surface area (Å²) >= 11 is 0. The highest BCUT2D eigenvalue weighted by atomic mass is 19.3. The van der Waals surface area contributed by atoms with E-state index in [1.165, 1.54) is 0 Å². The Morgan fingerprint density at radius 1 is 1.46 bits per heavy atom. The number of nitrogens with one attached hydrogen (secondary N) is 1. The molecule has 0 saturated heterocycles. The van der Waals surface area contributed by atoms with Crippen LogP contribution in [0.15, 0.2) is 18.2 Å². The van der Waals surface area contributed by atoms with E-state index in [4.69, 9.17) is 5.73 Å². The highest BCUT2D eigenvalue weighted by Crippen LogP contribution is 2.21. The smallest absolute Gasteiger partial charge is 0.255 e. The maximum Gasteiger partial charge on any atom is 0.255 e. The topological polar surface area (TPSA) is 38.0 Å². The van der Waals surface area contributed by atoms with Crippen LogP contribution in [0.4, 0.5) is 20.2 Å². The van der Waals surface area contributed by atoms with E-state index in [2.05, 4.69) is 5.32 Å². The summed E-state index contributed by atoms with van der Waals surface area (Å²) in [7, 11) is 0. The number of aryl methyl sites for hydroxylation is 1. The van der Waals surface area contributed by atoms with Gasteiger partial charge in [0.1, 0.15) is 0 Å². The second-order valence-electron chi connectivity index (χ2n) is 2.81. The average molecular weight is 186 g/mol. The van der Waals surface area contributed by atoms with Gasteiger partial charge in [-0.05, 0) is 18.6 Å². The van der Waals surface area contributed by atoms with Crippen LogP contribution >= 0.6 is 0 Å². The molecule has 0 unspecified atom stereocenters. The molecule has 0 bridgehead atoms. The van der Waals surface area contributed by atoms with Gasteiger partial charge in [-0.1, -0.05) is 12.1 Å². The Hall–Kier alpha value is -1.32. The molecular weight excluding hydrogens is 174 g/mol. The summed E-state index contributed by atoms with van der Waals surface area (Å²) in [6, 6.07) is 5.30. The molecule has 0 amide bonds. The van der Waals surface area contributed by atoms with Crippen LogP contribution in [0, 0.1) is 6.92 Å². The molecule has 0 aliphatic rings. The van der Waals surface area contributed by atoms with E-state index in [-0.39, 0.29) is 6.54 Å². The van der Waals surface area contributed by atoms with Gasteiger partial charge in [0.05, 0.1) is 17.9 Å². The molecule has 0 aliphatic carbocycles. The van der Waals surface area contributed by atoms with E-state index in [0.29, 0.717) is 11.4 Å². The molecule has 72 valence electrons. The average Bonchev–Trinajstić information content (AvgIpc) is 2.07. The Kier molecular flexibility index (Phi) is 3.06. The van der Waals surface area contributed by atoms with Crippen molar-refractivity contribution in [1.29, 1.82) is 0 Å². The Balaban J connectivity index is 2.71. The molecule has 4 heteroatoms. The number of hydrogen-bond acceptors (Lipinski definition) is 2. The van der Waals surface area contributed by atoms with Crippen molar-refractivity contribution in [2.75, 3.05) is 17.6 Å². The number of anilines is 2. The summed E-state index contributed by atoms with van der Waals surface area (Å²) in [5.74, 6) is 0. The van der Waals surface area contributed by atoms with Crippen LogP contribution in [-0.2, 0) is 0 Å². The zero-order valence-electron chi connectivity index (χ0n) is 7.35. The van der Waals surface area contributed by atoms with Crippen LogP contribution in [-0.4, -0.2) is 13.0 Å². The number of nitrogens with two attached hydrogens (primary N) is 1. The molecule has 1 aromatic rings. The van der Waals surface area contributed by atoms with Crippen LogP contribution < -0.4 is 11.1 Å². The van der Waals surface area contributed by atoms with E-state index in [1.54, 1.807) is 12.1 Å². The Bertz CT molecular complexity index is 287. The highest BCUT2D eigenvalue weighted by molar-refractivity contribution is 5.69. The van der Waals surface area contributed by atoms with Crippen LogP contribution in [0.2, 0.25) is 0 Å². The van der Waals surface area contributed by atoms with E-state index < -0.39 is 6.43 Å². The quantitative estimate of drug-likeness (QED) is 0.710. The van der Waals surface area contributed by atoms with Crippen molar-refractivity contribution in [2.24, 2.45) is 0 Å². The van der Waals surface area contributed by atoms with Crippen LogP contribution in [0.5, 0.6) is 0 Å². The number of alkyl halides is 2. The van der Waals surface area contributed by atoms with E-state index in [0.717, 1.165) is 5.56 Å². The van der Waals surface area contributed by atoms with Crippen LogP contribution in [0.25, 0.3) is 0 Å². The molecule has 0 heterocycles. The lowest BCUT2D eigenvalue weighted by atomic mass is 10.2. The Morgan fingerprint density at radius 3 is 2.77 bits per heavy atom. The summed E-state index contributed by atoms with van der Waals surface area (Å²) in [4.78, 5) is 0. The molecule has 0 spiro atoms. The predicted octanol–water partition coefficient (Wildman–Crippen LogP) is 2.25. The molecule has 1 rings (SSSR count). The van der Waals surface area contributed by atoms with Crippen molar-refractivity contribution in [3.63, 3.8) is 0 Å².